The summed E-state index contributed by atoms with van der Waals surface area (Å²) in [5.74, 6) is -0.580. The van der Waals surface area contributed by atoms with Crippen LogP contribution < -0.4 is 16.0 Å². The Kier molecular flexibility index (Phi) is 9.00. The summed E-state index contributed by atoms with van der Waals surface area (Å²) in [6.45, 7) is 0.306. The Morgan fingerprint density at radius 1 is 1.06 bits per heavy atom. The minimum absolute atomic E-state index is 0.0504. The van der Waals surface area contributed by atoms with Crippen LogP contribution in [-0.2, 0) is 4.79 Å². The highest BCUT2D eigenvalue weighted by Gasteiger charge is 2.21. The average molecular weight is 472 g/mol. The van der Waals surface area contributed by atoms with Gasteiger partial charge in [-0.05, 0) is 54.1 Å². The summed E-state index contributed by atoms with van der Waals surface area (Å²) in [6, 6.07) is 13.7. The molecule has 8 nitrogen and oxygen atoms in total. The zero-order valence-corrected chi connectivity index (χ0v) is 18.6. The van der Waals surface area contributed by atoms with E-state index in [-0.39, 0.29) is 25.0 Å². The molecule has 0 saturated heterocycles. The minimum atomic E-state index is -0.501. The number of aliphatic hydroxyl groups is 1. The lowest BCUT2D eigenvalue weighted by Gasteiger charge is -2.19. The molecule has 0 saturated carbocycles. The number of rotatable bonds is 10. The van der Waals surface area contributed by atoms with E-state index in [0.717, 1.165) is 5.56 Å². The molecule has 2 heterocycles. The van der Waals surface area contributed by atoms with Gasteiger partial charge in [-0.25, -0.2) is 4.98 Å². The fourth-order valence-electron chi connectivity index (χ4n) is 2.70. The smallest absolute Gasteiger partial charge is 0.258 e. The maximum atomic E-state index is 12.9. The Labute approximate surface area is 194 Å². The van der Waals surface area contributed by atoms with Gasteiger partial charge in [0.15, 0.2) is 0 Å². The molecule has 3 rings (SSSR count). The molecule has 0 aliphatic carbocycles. The Hall–Kier alpha value is -2.98. The van der Waals surface area contributed by atoms with Gasteiger partial charge in [-0.1, -0.05) is 23.4 Å². The summed E-state index contributed by atoms with van der Waals surface area (Å²) in [4.78, 5) is 33.7. The van der Waals surface area contributed by atoms with Crippen LogP contribution in [-0.4, -0.2) is 46.6 Å². The van der Waals surface area contributed by atoms with E-state index < -0.39 is 5.37 Å². The van der Waals surface area contributed by atoms with E-state index >= 15 is 0 Å². The van der Waals surface area contributed by atoms with Crippen molar-refractivity contribution < 1.29 is 14.7 Å². The molecule has 0 aliphatic rings. The molecule has 0 spiro atoms. The molecule has 1 unspecified atom stereocenters. The Morgan fingerprint density at radius 2 is 1.81 bits per heavy atom. The monoisotopic (exact) mass is 471 g/mol. The van der Waals surface area contributed by atoms with Crippen LogP contribution in [0.5, 0.6) is 0 Å². The highest BCUT2D eigenvalue weighted by molar-refractivity contribution is 7.99. The zero-order chi connectivity index (χ0) is 22.8. The van der Waals surface area contributed by atoms with Crippen LogP contribution in [0, 0.1) is 0 Å². The van der Waals surface area contributed by atoms with Gasteiger partial charge in [0, 0.05) is 35.8 Å². The lowest BCUT2D eigenvalue weighted by Crippen LogP contribution is -2.36. The predicted octanol–water partition coefficient (Wildman–Crippen LogP) is 2.87. The molecular weight excluding hydrogens is 450 g/mol. The second-order valence-electron chi connectivity index (χ2n) is 6.56. The third kappa shape index (κ3) is 7.03. The van der Waals surface area contributed by atoms with Crippen molar-refractivity contribution in [3.63, 3.8) is 0 Å². The van der Waals surface area contributed by atoms with Crippen LogP contribution >= 0.6 is 23.4 Å². The number of hydrogen-bond acceptors (Lipinski definition) is 7. The molecule has 2 amide bonds. The van der Waals surface area contributed by atoms with E-state index in [0.29, 0.717) is 27.8 Å². The largest absolute Gasteiger partial charge is 0.395 e. The van der Waals surface area contributed by atoms with E-state index in [1.165, 1.54) is 11.8 Å². The van der Waals surface area contributed by atoms with Crippen molar-refractivity contribution in [3.8, 4) is 0 Å². The van der Waals surface area contributed by atoms with Gasteiger partial charge in [0.1, 0.15) is 10.4 Å². The average Bonchev–Trinajstić information content (AvgIpc) is 2.81. The number of hydrogen-bond donors (Lipinski definition) is 4. The molecule has 3 aromatic rings. The van der Waals surface area contributed by atoms with Crippen molar-refractivity contribution in [1.29, 1.82) is 0 Å². The number of thioether (sulfide) groups is 1. The summed E-state index contributed by atoms with van der Waals surface area (Å²) in [6.07, 6.45) is 4.85. The zero-order valence-electron chi connectivity index (χ0n) is 17.0. The standard InChI is InChI=1S/C22H22ClN5O3S/c23-16-3-5-17(6-4-16)27-20(31)18-2-1-9-26-22(18)32-21(15-7-10-24-11-8-15)28-19(30)14-25-12-13-29/h1-11,21,25,29H,12-14H2,(H,27,31)(H,28,30). The third-order valence-electron chi connectivity index (χ3n) is 4.22. The number of nitrogens with zero attached hydrogens (tertiary/aromatic N) is 2. The number of anilines is 1. The summed E-state index contributed by atoms with van der Waals surface area (Å²) in [5, 5.41) is 18.0. The van der Waals surface area contributed by atoms with E-state index in [1.807, 2.05) is 0 Å². The maximum Gasteiger partial charge on any atom is 0.258 e. The third-order valence-corrected chi connectivity index (χ3v) is 5.65. The lowest BCUT2D eigenvalue weighted by atomic mass is 10.2. The van der Waals surface area contributed by atoms with Gasteiger partial charge < -0.3 is 21.1 Å². The first-order valence-electron chi connectivity index (χ1n) is 9.76. The van der Waals surface area contributed by atoms with Crippen molar-refractivity contribution in [2.45, 2.75) is 10.4 Å². The number of amides is 2. The second kappa shape index (κ2) is 12.2. The molecule has 0 radical (unpaired) electrons. The van der Waals surface area contributed by atoms with Crippen LogP contribution in [0.4, 0.5) is 5.69 Å². The molecule has 10 heteroatoms. The lowest BCUT2D eigenvalue weighted by molar-refractivity contribution is -0.120. The fraction of sp³-hybridized carbons (Fsp3) is 0.182. The number of benzene rings is 1. The number of halogens is 1. The molecule has 166 valence electrons. The highest BCUT2D eigenvalue weighted by Crippen LogP contribution is 2.34. The molecule has 0 bridgehead atoms. The number of aliphatic hydroxyl groups excluding tert-OH is 1. The van der Waals surface area contributed by atoms with Crippen LogP contribution in [0.3, 0.4) is 0 Å². The van der Waals surface area contributed by atoms with Crippen molar-refractivity contribution >= 4 is 40.9 Å². The van der Waals surface area contributed by atoms with Gasteiger partial charge in [0.05, 0.1) is 18.7 Å². The Bertz CT molecular complexity index is 1040. The predicted molar refractivity (Wildman–Crippen MR) is 125 cm³/mol. The van der Waals surface area contributed by atoms with Crippen molar-refractivity contribution in [2.24, 2.45) is 0 Å². The molecule has 0 fully saturated rings. The quantitative estimate of drug-likeness (QED) is 0.204. The van der Waals surface area contributed by atoms with Crippen LogP contribution in [0.25, 0.3) is 0 Å². The molecule has 4 N–H and O–H groups in total. The number of nitrogens with one attached hydrogen (secondary N) is 3. The molecule has 2 aromatic heterocycles. The summed E-state index contributed by atoms with van der Waals surface area (Å²) >= 11 is 7.15. The van der Waals surface area contributed by atoms with Gasteiger partial charge in [-0.3, -0.25) is 14.6 Å². The number of aromatic nitrogens is 2. The summed E-state index contributed by atoms with van der Waals surface area (Å²) < 4.78 is 0. The van der Waals surface area contributed by atoms with Crippen molar-refractivity contribution in [3.05, 3.63) is 83.3 Å². The van der Waals surface area contributed by atoms with Crippen LogP contribution in [0.15, 0.2) is 72.1 Å². The van der Waals surface area contributed by atoms with Gasteiger partial charge >= 0.3 is 0 Å². The normalized spacial score (nSPS) is 11.6. The summed E-state index contributed by atoms with van der Waals surface area (Å²) in [5.41, 5.74) is 1.78. The fourth-order valence-corrected chi connectivity index (χ4v) is 3.94. The first kappa shape index (κ1) is 23.7. The molecule has 32 heavy (non-hydrogen) atoms. The first-order chi connectivity index (χ1) is 15.6. The van der Waals surface area contributed by atoms with Crippen LogP contribution in [0.2, 0.25) is 5.02 Å². The van der Waals surface area contributed by atoms with Crippen molar-refractivity contribution in [1.82, 2.24) is 20.6 Å². The van der Waals surface area contributed by atoms with E-state index in [9.17, 15) is 9.59 Å². The number of carbonyl (C=O) groups excluding carboxylic acids is 2. The van der Waals surface area contributed by atoms with Crippen LogP contribution in [0.1, 0.15) is 21.3 Å². The number of carbonyl (C=O) groups is 2. The van der Waals surface area contributed by atoms with Gasteiger partial charge in [0.25, 0.3) is 5.91 Å². The topological polar surface area (TPSA) is 116 Å². The first-order valence-corrected chi connectivity index (χ1v) is 11.0. The van der Waals surface area contributed by atoms with Gasteiger partial charge in [0.2, 0.25) is 5.91 Å². The minimum Gasteiger partial charge on any atom is -0.395 e. The van der Waals surface area contributed by atoms with Crippen molar-refractivity contribution in [2.75, 3.05) is 25.0 Å². The molecule has 1 aromatic carbocycles. The highest BCUT2D eigenvalue weighted by atomic mass is 35.5. The SMILES string of the molecule is O=C(CNCCO)NC(Sc1ncccc1C(=O)Nc1ccc(Cl)cc1)c1ccncc1. The Morgan fingerprint density at radius 3 is 2.53 bits per heavy atom. The summed E-state index contributed by atoms with van der Waals surface area (Å²) in [7, 11) is 0. The molecular formula is C22H22ClN5O3S. The van der Waals surface area contributed by atoms with E-state index in [1.54, 1.807) is 67.1 Å². The molecule has 0 aliphatic heterocycles. The van der Waals surface area contributed by atoms with Gasteiger partial charge in [-0.15, -0.1) is 0 Å². The molecule has 1 atom stereocenters. The second-order valence-corrected chi connectivity index (χ2v) is 8.09. The maximum absolute atomic E-state index is 12.9. The van der Waals surface area contributed by atoms with E-state index in [4.69, 9.17) is 16.7 Å². The Balaban J connectivity index is 1.79. The van der Waals surface area contributed by atoms with Gasteiger partial charge in [-0.2, -0.15) is 0 Å². The number of pyridine rings is 2. The van der Waals surface area contributed by atoms with E-state index in [2.05, 4.69) is 25.9 Å².